The fourth-order valence-corrected chi connectivity index (χ4v) is 3.34. The zero-order chi connectivity index (χ0) is 16.1. The van der Waals surface area contributed by atoms with E-state index in [-0.39, 0.29) is 12.0 Å². The molecule has 1 aromatic carbocycles. The summed E-state index contributed by atoms with van der Waals surface area (Å²) in [7, 11) is 1.68. The number of nitrogens with zero attached hydrogens (tertiary/aromatic N) is 2. The normalized spacial score (nSPS) is 22.8. The van der Waals surface area contributed by atoms with Crippen molar-refractivity contribution in [2.24, 2.45) is 0 Å². The number of ether oxygens (including phenoxy) is 2. The molecular weight excluding hydrogens is 292 g/mol. The lowest BCUT2D eigenvalue weighted by atomic mass is 10.1. The lowest BCUT2D eigenvalue weighted by molar-refractivity contribution is -0.150. The molecule has 0 aliphatic carbocycles. The van der Waals surface area contributed by atoms with E-state index in [0.29, 0.717) is 13.2 Å². The van der Waals surface area contributed by atoms with Crippen LogP contribution in [0.15, 0.2) is 24.3 Å². The number of carbonyl (C=O) groups is 1. The Bertz CT molecular complexity index is 529. The lowest BCUT2D eigenvalue weighted by Gasteiger charge is -2.36. The molecule has 1 amide bonds. The second kappa shape index (κ2) is 7.79. The van der Waals surface area contributed by atoms with Gasteiger partial charge in [0.1, 0.15) is 11.9 Å². The van der Waals surface area contributed by atoms with Crippen LogP contribution in [0.4, 0.5) is 0 Å². The topological polar surface area (TPSA) is 42.0 Å². The third-order valence-corrected chi connectivity index (χ3v) is 4.63. The van der Waals surface area contributed by atoms with Crippen molar-refractivity contribution in [2.75, 3.05) is 39.9 Å². The standard InChI is InChI=1S/C18H26N2O3/c1-22-16-7-5-6-15(12-16)13-19-10-11-23-17(14-19)18(21)20-8-3-2-4-9-20/h5-7,12,17H,2-4,8-11,13-14H2,1H3. The van der Waals surface area contributed by atoms with Gasteiger partial charge in [-0.15, -0.1) is 0 Å². The Hall–Kier alpha value is -1.59. The molecule has 0 bridgehead atoms. The highest BCUT2D eigenvalue weighted by atomic mass is 16.5. The molecule has 2 fully saturated rings. The van der Waals surface area contributed by atoms with Gasteiger partial charge in [0.2, 0.25) is 0 Å². The maximum absolute atomic E-state index is 12.6. The number of methoxy groups -OCH3 is 1. The predicted molar refractivity (Wildman–Crippen MR) is 88.4 cm³/mol. The summed E-state index contributed by atoms with van der Waals surface area (Å²) in [5, 5.41) is 0. The maximum atomic E-state index is 12.6. The lowest BCUT2D eigenvalue weighted by Crippen LogP contribution is -2.51. The number of morpholine rings is 1. The van der Waals surface area contributed by atoms with E-state index in [1.807, 2.05) is 17.0 Å². The number of rotatable bonds is 4. The predicted octanol–water partition coefficient (Wildman–Crippen LogP) is 1.91. The van der Waals surface area contributed by atoms with Crippen molar-refractivity contribution in [2.45, 2.75) is 31.9 Å². The average Bonchev–Trinajstić information content (AvgIpc) is 2.62. The van der Waals surface area contributed by atoms with Crippen LogP contribution in [0.5, 0.6) is 5.75 Å². The minimum atomic E-state index is -0.313. The van der Waals surface area contributed by atoms with E-state index < -0.39 is 0 Å². The summed E-state index contributed by atoms with van der Waals surface area (Å²) in [6.45, 7) is 4.75. The van der Waals surface area contributed by atoms with Crippen LogP contribution in [0.1, 0.15) is 24.8 Å². The monoisotopic (exact) mass is 318 g/mol. The third-order valence-electron chi connectivity index (χ3n) is 4.63. The summed E-state index contributed by atoms with van der Waals surface area (Å²) in [5.41, 5.74) is 1.20. The third kappa shape index (κ3) is 4.24. The number of amides is 1. The Kier molecular flexibility index (Phi) is 5.51. The van der Waals surface area contributed by atoms with Crippen molar-refractivity contribution in [3.8, 4) is 5.75 Å². The second-order valence-electron chi connectivity index (χ2n) is 6.33. The van der Waals surface area contributed by atoms with Crippen LogP contribution in [-0.4, -0.2) is 61.7 Å². The van der Waals surface area contributed by atoms with Gasteiger partial charge in [-0.25, -0.2) is 0 Å². The molecule has 0 aromatic heterocycles. The Labute approximate surface area is 138 Å². The van der Waals surface area contributed by atoms with Gasteiger partial charge in [-0.05, 0) is 37.0 Å². The molecule has 126 valence electrons. The Morgan fingerprint density at radius 2 is 2.09 bits per heavy atom. The van der Waals surface area contributed by atoms with Crippen molar-refractivity contribution in [1.29, 1.82) is 0 Å². The second-order valence-corrected chi connectivity index (χ2v) is 6.33. The van der Waals surface area contributed by atoms with Crippen molar-refractivity contribution in [3.05, 3.63) is 29.8 Å². The van der Waals surface area contributed by atoms with Crippen molar-refractivity contribution in [1.82, 2.24) is 9.80 Å². The van der Waals surface area contributed by atoms with Crippen molar-refractivity contribution in [3.63, 3.8) is 0 Å². The van der Waals surface area contributed by atoms with Gasteiger partial charge in [0.15, 0.2) is 0 Å². The summed E-state index contributed by atoms with van der Waals surface area (Å²) >= 11 is 0. The molecule has 0 spiro atoms. The SMILES string of the molecule is COc1cccc(CN2CCOC(C(=O)N3CCCCC3)C2)c1. The first kappa shape index (κ1) is 16.3. The van der Waals surface area contributed by atoms with Gasteiger partial charge >= 0.3 is 0 Å². The number of likely N-dealkylation sites (tertiary alicyclic amines) is 1. The van der Waals surface area contributed by atoms with Crippen LogP contribution >= 0.6 is 0 Å². The number of piperidine rings is 1. The number of benzene rings is 1. The van der Waals surface area contributed by atoms with Gasteiger partial charge in [-0.2, -0.15) is 0 Å². The van der Waals surface area contributed by atoms with E-state index >= 15 is 0 Å². The molecular formula is C18H26N2O3. The summed E-state index contributed by atoms with van der Waals surface area (Å²) in [6, 6.07) is 8.10. The number of hydrogen-bond acceptors (Lipinski definition) is 4. The van der Waals surface area contributed by atoms with Gasteiger partial charge in [-0.1, -0.05) is 12.1 Å². The largest absolute Gasteiger partial charge is 0.497 e. The van der Waals surface area contributed by atoms with Crippen LogP contribution in [-0.2, 0) is 16.1 Å². The molecule has 1 unspecified atom stereocenters. The molecule has 2 aliphatic rings. The van der Waals surface area contributed by atoms with E-state index in [1.54, 1.807) is 7.11 Å². The van der Waals surface area contributed by atoms with Gasteiger partial charge in [0.05, 0.1) is 13.7 Å². The van der Waals surface area contributed by atoms with E-state index in [1.165, 1.54) is 12.0 Å². The minimum absolute atomic E-state index is 0.167. The zero-order valence-corrected chi connectivity index (χ0v) is 13.9. The summed E-state index contributed by atoms with van der Waals surface area (Å²) in [4.78, 5) is 16.9. The first-order chi connectivity index (χ1) is 11.3. The summed E-state index contributed by atoms with van der Waals surface area (Å²) in [5.74, 6) is 1.04. The van der Waals surface area contributed by atoms with Crippen LogP contribution in [0, 0.1) is 0 Å². The first-order valence-corrected chi connectivity index (χ1v) is 8.52. The summed E-state index contributed by atoms with van der Waals surface area (Å²) in [6.07, 6.45) is 3.15. The highest BCUT2D eigenvalue weighted by molar-refractivity contribution is 5.81. The fraction of sp³-hybridized carbons (Fsp3) is 0.611. The Balaban J connectivity index is 1.58. The maximum Gasteiger partial charge on any atom is 0.253 e. The molecule has 0 N–H and O–H groups in total. The van der Waals surface area contributed by atoms with Crippen LogP contribution in [0.3, 0.4) is 0 Å². The molecule has 5 heteroatoms. The highest BCUT2D eigenvalue weighted by Crippen LogP contribution is 2.18. The highest BCUT2D eigenvalue weighted by Gasteiger charge is 2.30. The van der Waals surface area contributed by atoms with Gasteiger partial charge < -0.3 is 14.4 Å². The number of hydrogen-bond donors (Lipinski definition) is 0. The molecule has 0 radical (unpaired) electrons. The molecule has 1 atom stereocenters. The Morgan fingerprint density at radius 3 is 2.87 bits per heavy atom. The number of carbonyl (C=O) groups excluding carboxylic acids is 1. The molecule has 2 heterocycles. The fourth-order valence-electron chi connectivity index (χ4n) is 3.34. The molecule has 1 aromatic rings. The zero-order valence-electron chi connectivity index (χ0n) is 13.9. The van der Waals surface area contributed by atoms with Crippen LogP contribution in [0.25, 0.3) is 0 Å². The smallest absolute Gasteiger partial charge is 0.253 e. The van der Waals surface area contributed by atoms with Gasteiger partial charge in [0, 0.05) is 32.7 Å². The molecule has 2 saturated heterocycles. The minimum Gasteiger partial charge on any atom is -0.497 e. The first-order valence-electron chi connectivity index (χ1n) is 8.52. The van der Waals surface area contributed by atoms with Crippen molar-refractivity contribution >= 4 is 5.91 Å². The van der Waals surface area contributed by atoms with Crippen LogP contribution < -0.4 is 4.74 Å². The molecule has 23 heavy (non-hydrogen) atoms. The van der Waals surface area contributed by atoms with E-state index in [9.17, 15) is 4.79 Å². The molecule has 3 rings (SSSR count). The molecule has 2 aliphatic heterocycles. The van der Waals surface area contributed by atoms with E-state index in [4.69, 9.17) is 9.47 Å². The molecule has 0 saturated carbocycles. The van der Waals surface area contributed by atoms with Crippen LogP contribution in [0.2, 0.25) is 0 Å². The van der Waals surface area contributed by atoms with Gasteiger partial charge in [-0.3, -0.25) is 9.69 Å². The average molecular weight is 318 g/mol. The van der Waals surface area contributed by atoms with Crippen molar-refractivity contribution < 1.29 is 14.3 Å². The quantitative estimate of drug-likeness (QED) is 0.850. The van der Waals surface area contributed by atoms with E-state index in [0.717, 1.165) is 44.8 Å². The Morgan fingerprint density at radius 1 is 1.26 bits per heavy atom. The van der Waals surface area contributed by atoms with E-state index in [2.05, 4.69) is 17.0 Å². The summed E-state index contributed by atoms with van der Waals surface area (Å²) < 4.78 is 11.0. The van der Waals surface area contributed by atoms with Gasteiger partial charge in [0.25, 0.3) is 5.91 Å². The molecule has 5 nitrogen and oxygen atoms in total.